The second kappa shape index (κ2) is 5.76. The highest BCUT2D eigenvalue weighted by atomic mass is 35.5. The third-order valence-electron chi connectivity index (χ3n) is 3.54. The average Bonchev–Trinajstić information content (AvgIpc) is 2.45. The zero-order chi connectivity index (χ0) is 15.0. The Kier molecular flexibility index (Phi) is 3.98. The van der Waals surface area contributed by atoms with Gasteiger partial charge in [0.25, 0.3) is 0 Å². The van der Waals surface area contributed by atoms with E-state index in [0.717, 1.165) is 11.1 Å². The molecule has 0 radical (unpaired) electrons. The Bertz CT molecular complexity index is 652. The Labute approximate surface area is 133 Å². The van der Waals surface area contributed by atoms with Crippen LogP contribution in [-0.2, 0) is 0 Å². The molecule has 1 N–H and O–H groups in total. The molecule has 0 spiro atoms. The summed E-state index contributed by atoms with van der Waals surface area (Å²) in [5, 5.41) is 11.4. The van der Waals surface area contributed by atoms with E-state index in [1.807, 2.05) is 12.1 Å². The maximum Gasteiger partial charge on any atom is 0.129 e. The molecule has 2 atom stereocenters. The van der Waals surface area contributed by atoms with Crippen molar-refractivity contribution < 1.29 is 14.6 Å². The number of rotatable bonds is 2. The van der Waals surface area contributed by atoms with Gasteiger partial charge in [-0.3, -0.25) is 0 Å². The molecule has 0 amide bonds. The van der Waals surface area contributed by atoms with Crippen molar-refractivity contribution in [1.29, 1.82) is 0 Å². The molecule has 110 valence electrons. The Morgan fingerprint density at radius 1 is 1.14 bits per heavy atom. The van der Waals surface area contributed by atoms with Crippen LogP contribution in [0.5, 0.6) is 11.5 Å². The minimum atomic E-state index is -0.595. The molecule has 0 fully saturated rings. The first kappa shape index (κ1) is 14.5. The second-order valence-electron chi connectivity index (χ2n) is 4.96. The van der Waals surface area contributed by atoms with E-state index in [9.17, 15) is 5.11 Å². The van der Waals surface area contributed by atoms with Gasteiger partial charge in [-0.05, 0) is 35.9 Å². The van der Waals surface area contributed by atoms with Crippen LogP contribution in [-0.4, -0.2) is 12.2 Å². The minimum Gasteiger partial charge on any atom is -0.497 e. The summed E-state index contributed by atoms with van der Waals surface area (Å²) in [5.74, 6) is 1.31. The Morgan fingerprint density at radius 2 is 1.86 bits per heavy atom. The summed E-state index contributed by atoms with van der Waals surface area (Å²) in [4.78, 5) is 0. The van der Waals surface area contributed by atoms with Crippen LogP contribution in [0.1, 0.15) is 29.8 Å². The second-order valence-corrected chi connectivity index (χ2v) is 5.84. The van der Waals surface area contributed by atoms with Crippen molar-refractivity contribution in [2.45, 2.75) is 18.6 Å². The molecule has 2 aromatic rings. The largest absolute Gasteiger partial charge is 0.497 e. The van der Waals surface area contributed by atoms with Gasteiger partial charge in [0.2, 0.25) is 0 Å². The Balaban J connectivity index is 1.96. The van der Waals surface area contributed by atoms with Crippen LogP contribution < -0.4 is 9.47 Å². The number of ether oxygens (including phenoxy) is 2. The van der Waals surface area contributed by atoms with Crippen molar-refractivity contribution in [3.63, 3.8) is 0 Å². The van der Waals surface area contributed by atoms with Gasteiger partial charge in [0.05, 0.1) is 13.2 Å². The first-order chi connectivity index (χ1) is 10.1. The van der Waals surface area contributed by atoms with E-state index in [2.05, 4.69) is 0 Å². The van der Waals surface area contributed by atoms with Gasteiger partial charge in [-0.25, -0.2) is 0 Å². The Hall–Kier alpha value is -1.42. The maximum absolute atomic E-state index is 10.3. The summed E-state index contributed by atoms with van der Waals surface area (Å²) in [5.41, 5.74) is 1.61. The molecule has 2 unspecified atom stereocenters. The highest BCUT2D eigenvalue weighted by molar-refractivity contribution is 6.34. The summed E-state index contributed by atoms with van der Waals surface area (Å²) in [6.07, 6.45) is -0.436. The molecular weight excluding hydrogens is 311 g/mol. The third-order valence-corrected chi connectivity index (χ3v) is 3.98. The molecule has 0 saturated carbocycles. The molecule has 0 aliphatic carbocycles. The predicted octanol–water partition coefficient (Wildman–Crippen LogP) is 4.56. The highest BCUT2D eigenvalue weighted by Gasteiger charge is 2.28. The number of aliphatic hydroxyl groups is 1. The number of benzene rings is 2. The highest BCUT2D eigenvalue weighted by Crippen LogP contribution is 2.43. The third kappa shape index (κ3) is 2.95. The lowest BCUT2D eigenvalue weighted by Crippen LogP contribution is -2.19. The van der Waals surface area contributed by atoms with Crippen molar-refractivity contribution >= 4 is 23.2 Å². The topological polar surface area (TPSA) is 38.7 Å². The molecule has 1 heterocycles. The van der Waals surface area contributed by atoms with Crippen molar-refractivity contribution in [3.05, 3.63) is 57.6 Å². The Morgan fingerprint density at radius 3 is 2.52 bits per heavy atom. The molecule has 5 heteroatoms. The van der Waals surface area contributed by atoms with Gasteiger partial charge in [0.1, 0.15) is 17.6 Å². The van der Waals surface area contributed by atoms with Gasteiger partial charge in [-0.1, -0.05) is 23.2 Å². The number of methoxy groups -OCH3 is 1. The molecule has 21 heavy (non-hydrogen) atoms. The van der Waals surface area contributed by atoms with Gasteiger partial charge in [0.15, 0.2) is 0 Å². The van der Waals surface area contributed by atoms with E-state index in [-0.39, 0.29) is 6.10 Å². The van der Waals surface area contributed by atoms with Crippen LogP contribution in [0, 0.1) is 0 Å². The van der Waals surface area contributed by atoms with Crippen LogP contribution in [0.2, 0.25) is 10.0 Å². The predicted molar refractivity (Wildman–Crippen MR) is 82.4 cm³/mol. The van der Waals surface area contributed by atoms with E-state index in [4.69, 9.17) is 32.7 Å². The van der Waals surface area contributed by atoms with Gasteiger partial charge in [0, 0.05) is 28.1 Å². The van der Waals surface area contributed by atoms with Crippen LogP contribution in [0.15, 0.2) is 36.4 Å². The average molecular weight is 325 g/mol. The summed E-state index contributed by atoms with van der Waals surface area (Å²) >= 11 is 12.1. The lowest BCUT2D eigenvalue weighted by Gasteiger charge is -2.30. The van der Waals surface area contributed by atoms with E-state index < -0.39 is 6.10 Å². The number of hydrogen-bond acceptors (Lipinski definition) is 3. The molecule has 0 aromatic heterocycles. The molecule has 3 rings (SSSR count). The first-order valence-corrected chi connectivity index (χ1v) is 7.31. The van der Waals surface area contributed by atoms with Crippen molar-refractivity contribution in [2.75, 3.05) is 7.11 Å². The standard InChI is InChI=1S/C16H14Cl2O3/c1-20-12-2-3-13-14(19)8-15(21-16(13)7-12)9-4-10(17)6-11(18)5-9/h2-7,14-15,19H,8H2,1H3. The van der Waals surface area contributed by atoms with Gasteiger partial charge in [-0.15, -0.1) is 0 Å². The van der Waals surface area contributed by atoms with E-state index in [1.165, 1.54) is 0 Å². The zero-order valence-electron chi connectivity index (χ0n) is 11.3. The van der Waals surface area contributed by atoms with Crippen molar-refractivity contribution in [3.8, 4) is 11.5 Å². The monoisotopic (exact) mass is 324 g/mol. The van der Waals surface area contributed by atoms with E-state index >= 15 is 0 Å². The van der Waals surface area contributed by atoms with Crippen molar-refractivity contribution in [1.82, 2.24) is 0 Å². The number of aliphatic hydroxyl groups excluding tert-OH is 1. The fraction of sp³-hybridized carbons (Fsp3) is 0.250. The lowest BCUT2D eigenvalue weighted by atomic mass is 9.95. The van der Waals surface area contributed by atoms with E-state index in [0.29, 0.717) is 28.0 Å². The summed E-state index contributed by atoms with van der Waals surface area (Å²) < 4.78 is 11.2. The normalized spacial score (nSPS) is 20.6. The summed E-state index contributed by atoms with van der Waals surface area (Å²) in [6.45, 7) is 0. The van der Waals surface area contributed by atoms with Crippen LogP contribution >= 0.6 is 23.2 Å². The maximum atomic E-state index is 10.3. The number of hydrogen-bond donors (Lipinski definition) is 1. The molecule has 2 aromatic carbocycles. The smallest absolute Gasteiger partial charge is 0.129 e. The van der Waals surface area contributed by atoms with Crippen LogP contribution in [0.25, 0.3) is 0 Å². The SMILES string of the molecule is COc1ccc2c(c1)OC(c1cc(Cl)cc(Cl)c1)CC2O. The summed E-state index contributed by atoms with van der Waals surface area (Å²) in [7, 11) is 1.59. The molecule has 0 bridgehead atoms. The lowest BCUT2D eigenvalue weighted by molar-refractivity contribution is 0.0655. The number of fused-ring (bicyclic) bond motifs is 1. The van der Waals surface area contributed by atoms with Crippen LogP contribution in [0.4, 0.5) is 0 Å². The molecule has 1 aliphatic heterocycles. The van der Waals surface area contributed by atoms with Gasteiger partial charge < -0.3 is 14.6 Å². The molecular formula is C16H14Cl2O3. The van der Waals surface area contributed by atoms with Crippen molar-refractivity contribution in [2.24, 2.45) is 0 Å². The minimum absolute atomic E-state index is 0.296. The first-order valence-electron chi connectivity index (χ1n) is 6.55. The fourth-order valence-electron chi connectivity index (χ4n) is 2.52. The fourth-order valence-corrected chi connectivity index (χ4v) is 3.06. The zero-order valence-corrected chi connectivity index (χ0v) is 12.9. The number of halogens is 2. The molecule has 3 nitrogen and oxygen atoms in total. The van der Waals surface area contributed by atoms with Gasteiger partial charge in [-0.2, -0.15) is 0 Å². The molecule has 0 saturated heterocycles. The quantitative estimate of drug-likeness (QED) is 0.880. The van der Waals surface area contributed by atoms with Gasteiger partial charge >= 0.3 is 0 Å². The van der Waals surface area contributed by atoms with Crippen LogP contribution in [0.3, 0.4) is 0 Å². The van der Waals surface area contributed by atoms with E-state index in [1.54, 1.807) is 31.4 Å². The molecule has 1 aliphatic rings. The summed E-state index contributed by atoms with van der Waals surface area (Å²) in [6, 6.07) is 10.7.